The van der Waals surface area contributed by atoms with Gasteiger partial charge in [-0.05, 0) is 38.0 Å². The van der Waals surface area contributed by atoms with Crippen LogP contribution in [-0.4, -0.2) is 93.6 Å². The van der Waals surface area contributed by atoms with E-state index in [0.717, 1.165) is 38.5 Å². The van der Waals surface area contributed by atoms with Crippen molar-refractivity contribution in [3.05, 3.63) is 25.3 Å². The Hall–Kier alpha value is -2.19. The first-order chi connectivity index (χ1) is 18.7. The van der Waals surface area contributed by atoms with Crippen LogP contribution in [0, 0.1) is 17.8 Å². The predicted molar refractivity (Wildman–Crippen MR) is 151 cm³/mol. The molecule has 1 saturated carbocycles. The van der Waals surface area contributed by atoms with Crippen LogP contribution in [0.25, 0.3) is 0 Å². The lowest BCUT2D eigenvalue weighted by Gasteiger charge is -2.43. The molecule has 1 N–H and O–H groups in total. The van der Waals surface area contributed by atoms with Crippen molar-refractivity contribution in [3.8, 4) is 0 Å². The maximum atomic E-state index is 14.8. The molecule has 4 rings (SSSR count). The fourth-order valence-electron chi connectivity index (χ4n) is 8.11. The second-order valence-electron chi connectivity index (χ2n) is 12.3. The van der Waals surface area contributed by atoms with Gasteiger partial charge in [-0.15, -0.1) is 13.2 Å². The molecule has 0 aromatic rings. The fourth-order valence-corrected chi connectivity index (χ4v) is 8.11. The van der Waals surface area contributed by atoms with Crippen molar-refractivity contribution < 1.29 is 24.2 Å². The molecule has 0 aromatic heterocycles. The maximum absolute atomic E-state index is 14.8. The number of fused-ring (bicyclic) bond motifs is 1. The summed E-state index contributed by atoms with van der Waals surface area (Å²) in [6.45, 7) is 14.3. The van der Waals surface area contributed by atoms with Gasteiger partial charge < -0.3 is 24.5 Å². The summed E-state index contributed by atoms with van der Waals surface area (Å²) in [4.78, 5) is 48.5. The highest BCUT2D eigenvalue weighted by atomic mass is 16.5. The normalized spacial score (nSPS) is 33.5. The van der Waals surface area contributed by atoms with Crippen molar-refractivity contribution in [2.24, 2.45) is 17.8 Å². The Morgan fingerprint density at radius 3 is 2.36 bits per heavy atom. The molecule has 4 aliphatic rings. The van der Waals surface area contributed by atoms with Crippen LogP contribution in [0.1, 0.15) is 78.6 Å². The van der Waals surface area contributed by atoms with Crippen molar-refractivity contribution in [1.82, 2.24) is 14.7 Å². The van der Waals surface area contributed by atoms with E-state index in [2.05, 4.69) is 13.2 Å². The van der Waals surface area contributed by atoms with E-state index in [-0.39, 0.29) is 36.3 Å². The number of hydrogen-bond donors (Lipinski definition) is 1. The van der Waals surface area contributed by atoms with Crippen LogP contribution >= 0.6 is 0 Å². The summed E-state index contributed by atoms with van der Waals surface area (Å²) in [5, 5.41) is 10.6. The van der Waals surface area contributed by atoms with Gasteiger partial charge in [0, 0.05) is 26.2 Å². The van der Waals surface area contributed by atoms with Gasteiger partial charge in [-0.25, -0.2) is 0 Å². The summed E-state index contributed by atoms with van der Waals surface area (Å²) >= 11 is 0. The third-order valence-electron chi connectivity index (χ3n) is 10.4. The van der Waals surface area contributed by atoms with Gasteiger partial charge in [-0.1, -0.05) is 58.6 Å². The lowest BCUT2D eigenvalue weighted by molar-refractivity contribution is -0.160. The number of nitrogens with zero attached hydrogens (tertiary/aromatic N) is 3. The van der Waals surface area contributed by atoms with Gasteiger partial charge in [0.2, 0.25) is 17.7 Å². The monoisotopic (exact) mass is 543 g/mol. The van der Waals surface area contributed by atoms with E-state index in [1.807, 2.05) is 25.7 Å². The van der Waals surface area contributed by atoms with Crippen molar-refractivity contribution in [2.75, 3.05) is 26.7 Å². The third kappa shape index (κ3) is 4.65. The first-order valence-corrected chi connectivity index (χ1v) is 15.1. The number of carbonyl (C=O) groups is 3. The molecule has 3 heterocycles. The number of rotatable bonds is 12. The Labute approximate surface area is 234 Å². The van der Waals surface area contributed by atoms with Crippen LogP contribution < -0.4 is 0 Å². The standard InChI is InChI=1S/C31H49N3O5/c1-7-18-32(6)27(36)24-25-28(37)34(23(20-35)21(5)9-3)26(31(25)17-16-30(24,10-4)39-31)29(38)33(19-8-2)22-14-12-11-13-15-22/h7-8,21-26,35H,1-2,9-20H2,3-6H3/t21-,23-,24+,25-,26?,30-,31?/m0/s1. The van der Waals surface area contributed by atoms with Gasteiger partial charge in [0.1, 0.15) is 11.6 Å². The summed E-state index contributed by atoms with van der Waals surface area (Å²) < 4.78 is 6.95. The van der Waals surface area contributed by atoms with E-state index >= 15 is 0 Å². The average Bonchev–Trinajstić information content (AvgIpc) is 3.55. The summed E-state index contributed by atoms with van der Waals surface area (Å²) in [6, 6.07) is -1.32. The van der Waals surface area contributed by atoms with Crippen LogP contribution in [0.4, 0.5) is 0 Å². The molecule has 2 bridgehead atoms. The molecule has 4 fully saturated rings. The number of aliphatic hydroxyl groups is 1. The minimum absolute atomic E-state index is 0.0260. The largest absolute Gasteiger partial charge is 0.394 e. The van der Waals surface area contributed by atoms with Gasteiger partial charge in [0.15, 0.2) is 0 Å². The third-order valence-corrected chi connectivity index (χ3v) is 10.4. The van der Waals surface area contributed by atoms with E-state index in [4.69, 9.17) is 4.74 Å². The summed E-state index contributed by atoms with van der Waals surface area (Å²) in [7, 11) is 1.73. The average molecular weight is 544 g/mol. The second kappa shape index (κ2) is 11.7. The SMILES string of the molecule is C=CCN(C)C(=O)[C@H]1[C@H]2C(=O)N([C@@H](CO)[C@@H](C)CC)C(C(=O)N(CC=C)C3CCCCC3)C23CC[C@]1(CC)O3. The molecule has 8 nitrogen and oxygen atoms in total. The highest BCUT2D eigenvalue weighted by molar-refractivity contribution is 5.99. The summed E-state index contributed by atoms with van der Waals surface area (Å²) in [6.07, 6.45) is 11.1. The smallest absolute Gasteiger partial charge is 0.248 e. The number of likely N-dealkylation sites (tertiary alicyclic amines) is 1. The van der Waals surface area contributed by atoms with Crippen molar-refractivity contribution >= 4 is 17.7 Å². The van der Waals surface area contributed by atoms with E-state index in [9.17, 15) is 19.5 Å². The highest BCUT2D eigenvalue weighted by Gasteiger charge is 2.79. The van der Waals surface area contributed by atoms with E-state index in [1.165, 1.54) is 0 Å². The minimum Gasteiger partial charge on any atom is -0.394 e. The number of hydrogen-bond acceptors (Lipinski definition) is 5. The number of likely N-dealkylation sites (N-methyl/N-ethyl adjacent to an activating group) is 1. The molecule has 1 aliphatic carbocycles. The topological polar surface area (TPSA) is 90.4 Å². The van der Waals surface area contributed by atoms with E-state index in [0.29, 0.717) is 32.4 Å². The molecule has 39 heavy (non-hydrogen) atoms. The zero-order valence-corrected chi connectivity index (χ0v) is 24.4. The highest BCUT2D eigenvalue weighted by Crippen LogP contribution is 2.65. The molecule has 3 amide bonds. The molecular formula is C31H49N3O5. The predicted octanol–water partition coefficient (Wildman–Crippen LogP) is 3.54. The molecule has 3 aliphatic heterocycles. The lowest BCUT2D eigenvalue weighted by atomic mass is 9.64. The number of aliphatic hydroxyl groups excluding tert-OH is 1. The minimum atomic E-state index is -1.09. The maximum Gasteiger partial charge on any atom is 0.248 e. The van der Waals surface area contributed by atoms with Crippen LogP contribution in [0.15, 0.2) is 25.3 Å². The molecule has 3 saturated heterocycles. The zero-order chi connectivity index (χ0) is 28.5. The second-order valence-corrected chi connectivity index (χ2v) is 12.3. The van der Waals surface area contributed by atoms with Crippen molar-refractivity contribution in [3.63, 3.8) is 0 Å². The number of amides is 3. The Morgan fingerprint density at radius 1 is 1.13 bits per heavy atom. The van der Waals surface area contributed by atoms with Crippen LogP contribution in [0.5, 0.6) is 0 Å². The molecule has 0 aromatic carbocycles. The van der Waals surface area contributed by atoms with Crippen LogP contribution in [0.3, 0.4) is 0 Å². The van der Waals surface area contributed by atoms with Crippen molar-refractivity contribution in [1.29, 1.82) is 0 Å². The molecule has 218 valence electrons. The Kier molecular flexibility index (Phi) is 8.96. The molecule has 7 atom stereocenters. The Balaban J connectivity index is 1.85. The molecule has 0 radical (unpaired) electrons. The van der Waals surface area contributed by atoms with Gasteiger partial charge in [-0.3, -0.25) is 14.4 Å². The van der Waals surface area contributed by atoms with E-state index < -0.39 is 35.1 Å². The zero-order valence-electron chi connectivity index (χ0n) is 24.4. The number of ether oxygens (including phenoxy) is 1. The van der Waals surface area contributed by atoms with Gasteiger partial charge >= 0.3 is 0 Å². The summed E-state index contributed by atoms with van der Waals surface area (Å²) in [5.74, 6) is -1.94. The lowest BCUT2D eigenvalue weighted by Crippen LogP contribution is -2.61. The van der Waals surface area contributed by atoms with Crippen LogP contribution in [-0.2, 0) is 19.1 Å². The van der Waals surface area contributed by atoms with Gasteiger partial charge in [-0.2, -0.15) is 0 Å². The molecule has 8 heteroatoms. The molecular weight excluding hydrogens is 494 g/mol. The summed E-state index contributed by atoms with van der Waals surface area (Å²) in [5.41, 5.74) is -1.87. The van der Waals surface area contributed by atoms with Gasteiger partial charge in [0.25, 0.3) is 0 Å². The first-order valence-electron chi connectivity index (χ1n) is 15.1. The van der Waals surface area contributed by atoms with Crippen LogP contribution in [0.2, 0.25) is 0 Å². The quantitative estimate of drug-likeness (QED) is 0.380. The Bertz CT molecular complexity index is 964. The van der Waals surface area contributed by atoms with Gasteiger partial charge in [0.05, 0.1) is 30.1 Å². The first kappa shape index (κ1) is 29.8. The Morgan fingerprint density at radius 2 is 1.79 bits per heavy atom. The number of carbonyl (C=O) groups excluding carboxylic acids is 3. The molecule has 1 spiro atoms. The fraction of sp³-hybridized carbons (Fsp3) is 0.774. The van der Waals surface area contributed by atoms with E-state index in [1.54, 1.807) is 29.0 Å². The molecule has 2 unspecified atom stereocenters. The van der Waals surface area contributed by atoms with Crippen molar-refractivity contribution in [2.45, 2.75) is 108 Å².